The summed E-state index contributed by atoms with van der Waals surface area (Å²) in [5.41, 5.74) is 0.623. The number of nitrogens with one attached hydrogen (secondary N) is 1. The van der Waals surface area contributed by atoms with Crippen LogP contribution in [0.1, 0.15) is 56.1 Å². The van der Waals surface area contributed by atoms with E-state index in [0.717, 1.165) is 12.8 Å². The lowest BCUT2D eigenvalue weighted by atomic mass is 9.93. The second kappa shape index (κ2) is 6.78. The lowest BCUT2D eigenvalue weighted by molar-refractivity contribution is -0.143. The quantitative estimate of drug-likeness (QED) is 0.820. The summed E-state index contributed by atoms with van der Waals surface area (Å²) in [5, 5.41) is 2.81. The number of nitrogens with zero attached hydrogens (tertiary/aromatic N) is 1. The molecule has 0 radical (unpaired) electrons. The number of hydrogen-bond acceptors (Lipinski definition) is 3. The Labute approximate surface area is 125 Å². The van der Waals surface area contributed by atoms with E-state index in [9.17, 15) is 9.59 Å². The summed E-state index contributed by atoms with van der Waals surface area (Å²) in [6.07, 6.45) is 5.95. The summed E-state index contributed by atoms with van der Waals surface area (Å²) >= 11 is 0. The van der Waals surface area contributed by atoms with Gasteiger partial charge in [-0.2, -0.15) is 0 Å². The van der Waals surface area contributed by atoms with Crippen LogP contribution in [0.15, 0.2) is 18.3 Å². The van der Waals surface area contributed by atoms with Gasteiger partial charge in [-0.1, -0.05) is 13.8 Å². The van der Waals surface area contributed by atoms with Gasteiger partial charge in [0.2, 0.25) is 0 Å². The number of aromatic nitrogens is 1. The first-order valence-electron chi connectivity index (χ1n) is 7.58. The van der Waals surface area contributed by atoms with Crippen LogP contribution in [0.25, 0.3) is 0 Å². The lowest BCUT2D eigenvalue weighted by Gasteiger charge is -2.29. The maximum absolute atomic E-state index is 12.4. The van der Waals surface area contributed by atoms with Crippen LogP contribution in [0, 0.1) is 5.92 Å². The minimum atomic E-state index is -0.591. The van der Waals surface area contributed by atoms with E-state index in [1.54, 1.807) is 6.07 Å². The number of ether oxygens (including phenoxy) is 1. The summed E-state index contributed by atoms with van der Waals surface area (Å²) in [4.78, 5) is 24.2. The Morgan fingerprint density at radius 1 is 1.43 bits per heavy atom. The zero-order valence-corrected chi connectivity index (χ0v) is 13.0. The topological polar surface area (TPSA) is 60.3 Å². The first-order valence-corrected chi connectivity index (χ1v) is 7.58. The SMILES string of the molecule is COC(=O)C(CC(C)C)NC(=O)c1cccn1C1CCC1. The predicted octanol–water partition coefficient (Wildman–Crippen LogP) is 2.53. The highest BCUT2D eigenvalue weighted by atomic mass is 16.5. The molecule has 5 nitrogen and oxygen atoms in total. The van der Waals surface area contributed by atoms with Crippen molar-refractivity contribution in [1.29, 1.82) is 0 Å². The largest absolute Gasteiger partial charge is 0.467 e. The van der Waals surface area contributed by atoms with Crippen LogP contribution in [0.2, 0.25) is 0 Å². The molecule has 1 N–H and O–H groups in total. The smallest absolute Gasteiger partial charge is 0.328 e. The Kier molecular flexibility index (Phi) is 5.04. The van der Waals surface area contributed by atoms with Crippen molar-refractivity contribution in [3.63, 3.8) is 0 Å². The van der Waals surface area contributed by atoms with Crippen molar-refractivity contribution in [1.82, 2.24) is 9.88 Å². The van der Waals surface area contributed by atoms with Gasteiger partial charge in [-0.05, 0) is 43.7 Å². The van der Waals surface area contributed by atoms with E-state index in [1.165, 1.54) is 13.5 Å². The van der Waals surface area contributed by atoms with Crippen LogP contribution >= 0.6 is 0 Å². The van der Waals surface area contributed by atoms with Gasteiger partial charge in [0.25, 0.3) is 5.91 Å². The van der Waals surface area contributed by atoms with Crippen molar-refractivity contribution in [3.8, 4) is 0 Å². The molecule has 1 saturated carbocycles. The third-order valence-electron chi connectivity index (χ3n) is 3.98. The van der Waals surface area contributed by atoms with Crippen molar-refractivity contribution >= 4 is 11.9 Å². The molecule has 0 bridgehead atoms. The summed E-state index contributed by atoms with van der Waals surface area (Å²) in [6, 6.07) is 3.51. The molecule has 5 heteroatoms. The van der Waals surface area contributed by atoms with E-state index in [-0.39, 0.29) is 11.9 Å². The molecule has 1 aliphatic rings. The zero-order valence-electron chi connectivity index (χ0n) is 13.0. The molecule has 0 aromatic carbocycles. The van der Waals surface area contributed by atoms with Crippen LogP contribution in [-0.4, -0.2) is 29.6 Å². The molecule has 0 saturated heterocycles. The van der Waals surface area contributed by atoms with Gasteiger partial charge >= 0.3 is 5.97 Å². The fraction of sp³-hybridized carbons (Fsp3) is 0.625. The molecule has 0 spiro atoms. The third-order valence-corrected chi connectivity index (χ3v) is 3.98. The number of carbonyl (C=O) groups is 2. The highest BCUT2D eigenvalue weighted by Gasteiger charge is 2.27. The van der Waals surface area contributed by atoms with Crippen LogP contribution in [-0.2, 0) is 9.53 Å². The first-order chi connectivity index (χ1) is 10.0. The number of esters is 1. The van der Waals surface area contributed by atoms with Gasteiger partial charge in [0.05, 0.1) is 7.11 Å². The van der Waals surface area contributed by atoms with Gasteiger partial charge in [-0.3, -0.25) is 4.79 Å². The van der Waals surface area contributed by atoms with Crippen LogP contribution in [0.4, 0.5) is 0 Å². The standard InChI is InChI=1S/C16H24N2O3/c1-11(2)10-13(16(20)21-3)17-15(19)14-8-5-9-18(14)12-6-4-7-12/h5,8-9,11-13H,4,6-7,10H2,1-3H3,(H,17,19). The molecular weight excluding hydrogens is 268 g/mol. The second-order valence-electron chi connectivity index (χ2n) is 6.06. The molecular formula is C16H24N2O3. The average Bonchev–Trinajstić information content (AvgIpc) is 2.83. The van der Waals surface area contributed by atoms with Gasteiger partial charge in [0, 0.05) is 12.2 Å². The summed E-state index contributed by atoms with van der Waals surface area (Å²) < 4.78 is 6.80. The molecule has 116 valence electrons. The molecule has 1 atom stereocenters. The highest BCUT2D eigenvalue weighted by molar-refractivity contribution is 5.95. The number of rotatable bonds is 6. The maximum atomic E-state index is 12.4. The van der Waals surface area contributed by atoms with Crippen molar-refractivity contribution in [2.45, 2.75) is 51.6 Å². The van der Waals surface area contributed by atoms with Crippen molar-refractivity contribution in [2.75, 3.05) is 7.11 Å². The monoisotopic (exact) mass is 292 g/mol. The van der Waals surface area contributed by atoms with Gasteiger partial charge < -0.3 is 14.6 Å². The minimum absolute atomic E-state index is 0.206. The fourth-order valence-corrected chi connectivity index (χ4v) is 2.63. The molecule has 1 unspecified atom stereocenters. The Morgan fingerprint density at radius 3 is 2.67 bits per heavy atom. The van der Waals surface area contributed by atoms with Gasteiger partial charge in [-0.15, -0.1) is 0 Å². The normalized spacial score (nSPS) is 16.4. The lowest BCUT2D eigenvalue weighted by Crippen LogP contribution is -2.43. The molecule has 21 heavy (non-hydrogen) atoms. The van der Waals surface area contributed by atoms with E-state index < -0.39 is 6.04 Å². The molecule has 1 aromatic heterocycles. The Hall–Kier alpha value is -1.78. The molecule has 1 heterocycles. The van der Waals surface area contributed by atoms with Crippen molar-refractivity contribution < 1.29 is 14.3 Å². The predicted molar refractivity (Wildman–Crippen MR) is 80.0 cm³/mol. The first kappa shape index (κ1) is 15.6. The molecule has 2 rings (SSSR count). The van der Waals surface area contributed by atoms with Gasteiger partial charge in [-0.25, -0.2) is 4.79 Å². The molecule has 1 aliphatic carbocycles. The number of carbonyl (C=O) groups excluding carboxylic acids is 2. The Bertz CT molecular complexity index is 503. The molecule has 1 aromatic rings. The average molecular weight is 292 g/mol. The summed E-state index contributed by atoms with van der Waals surface area (Å²) in [7, 11) is 1.35. The molecule has 1 amide bonds. The van der Waals surface area contributed by atoms with E-state index in [1.807, 2.05) is 30.7 Å². The van der Waals surface area contributed by atoms with Crippen LogP contribution in [0.5, 0.6) is 0 Å². The van der Waals surface area contributed by atoms with Crippen molar-refractivity contribution in [2.24, 2.45) is 5.92 Å². The van der Waals surface area contributed by atoms with E-state index in [2.05, 4.69) is 5.32 Å². The van der Waals surface area contributed by atoms with E-state index in [4.69, 9.17) is 4.74 Å². The Balaban J connectivity index is 2.07. The second-order valence-corrected chi connectivity index (χ2v) is 6.06. The Morgan fingerprint density at radius 2 is 2.14 bits per heavy atom. The van der Waals surface area contributed by atoms with Gasteiger partial charge in [0.15, 0.2) is 0 Å². The molecule has 0 aliphatic heterocycles. The minimum Gasteiger partial charge on any atom is -0.467 e. The van der Waals surface area contributed by atoms with E-state index in [0.29, 0.717) is 24.1 Å². The summed E-state index contributed by atoms with van der Waals surface area (Å²) in [6.45, 7) is 4.03. The number of hydrogen-bond donors (Lipinski definition) is 1. The van der Waals surface area contributed by atoms with Crippen molar-refractivity contribution in [3.05, 3.63) is 24.0 Å². The maximum Gasteiger partial charge on any atom is 0.328 e. The van der Waals surface area contributed by atoms with Crippen LogP contribution in [0.3, 0.4) is 0 Å². The zero-order chi connectivity index (χ0) is 15.4. The van der Waals surface area contributed by atoms with E-state index >= 15 is 0 Å². The summed E-state index contributed by atoms with van der Waals surface area (Å²) in [5.74, 6) is -0.297. The molecule has 1 fully saturated rings. The van der Waals surface area contributed by atoms with Gasteiger partial charge in [0.1, 0.15) is 11.7 Å². The van der Waals surface area contributed by atoms with Crippen LogP contribution < -0.4 is 5.32 Å². The fourth-order valence-electron chi connectivity index (χ4n) is 2.63. The number of amides is 1. The third kappa shape index (κ3) is 3.65. The number of methoxy groups -OCH3 is 1. The highest BCUT2D eigenvalue weighted by Crippen LogP contribution is 2.32.